The highest BCUT2D eigenvalue weighted by atomic mass is 19.1. The van der Waals surface area contributed by atoms with Gasteiger partial charge in [0.25, 0.3) is 5.91 Å². The zero-order valence-corrected chi connectivity index (χ0v) is 16.2. The third-order valence-electron chi connectivity index (χ3n) is 5.65. The van der Waals surface area contributed by atoms with E-state index in [1.54, 1.807) is 0 Å². The van der Waals surface area contributed by atoms with Crippen molar-refractivity contribution in [1.29, 1.82) is 0 Å². The maximum Gasteiger partial charge on any atom is 0.255 e. The minimum Gasteiger partial charge on any atom is -0.361 e. The van der Waals surface area contributed by atoms with Gasteiger partial charge >= 0.3 is 0 Å². The van der Waals surface area contributed by atoms with Crippen LogP contribution in [0, 0.1) is 5.82 Å². The fourth-order valence-electron chi connectivity index (χ4n) is 4.15. The van der Waals surface area contributed by atoms with E-state index >= 15 is 0 Å². The second-order valence-corrected chi connectivity index (χ2v) is 7.58. The van der Waals surface area contributed by atoms with Gasteiger partial charge in [0.2, 0.25) is 0 Å². The minimum atomic E-state index is -0.347. The van der Waals surface area contributed by atoms with Crippen LogP contribution in [0.25, 0.3) is 10.9 Å². The van der Waals surface area contributed by atoms with E-state index in [1.807, 2.05) is 18.2 Å². The number of likely N-dealkylation sites (tertiary alicyclic amines) is 1. The number of benzene rings is 2. The predicted molar refractivity (Wildman–Crippen MR) is 111 cm³/mol. The molecule has 1 amide bonds. The third kappa shape index (κ3) is 3.94. The number of H-pyrrole nitrogens is 1. The lowest BCUT2D eigenvalue weighted by atomic mass is 9.89. The molecule has 5 heteroatoms. The Morgan fingerprint density at radius 1 is 1.18 bits per heavy atom. The molecule has 1 fully saturated rings. The van der Waals surface area contributed by atoms with Crippen LogP contribution in [0.4, 0.5) is 10.1 Å². The van der Waals surface area contributed by atoms with Gasteiger partial charge in [0.05, 0.1) is 0 Å². The summed E-state index contributed by atoms with van der Waals surface area (Å²) in [5.41, 5.74) is 3.62. The van der Waals surface area contributed by atoms with Gasteiger partial charge < -0.3 is 15.2 Å². The van der Waals surface area contributed by atoms with E-state index in [0.29, 0.717) is 11.5 Å². The average Bonchev–Trinajstić information content (AvgIpc) is 3.12. The highest BCUT2D eigenvalue weighted by molar-refractivity contribution is 6.05. The number of rotatable bonds is 5. The van der Waals surface area contributed by atoms with Crippen molar-refractivity contribution < 1.29 is 9.18 Å². The number of carbonyl (C=O) groups is 1. The number of nitrogens with zero attached hydrogens (tertiary/aromatic N) is 1. The van der Waals surface area contributed by atoms with Crippen molar-refractivity contribution in [3.8, 4) is 0 Å². The number of anilines is 1. The van der Waals surface area contributed by atoms with E-state index in [-0.39, 0.29) is 11.7 Å². The topological polar surface area (TPSA) is 48.1 Å². The summed E-state index contributed by atoms with van der Waals surface area (Å²) in [6.45, 7) is 5.70. The first-order valence-electron chi connectivity index (χ1n) is 10.0. The molecule has 0 spiro atoms. The van der Waals surface area contributed by atoms with Crippen LogP contribution in [0.3, 0.4) is 0 Å². The number of aromatic amines is 1. The molecule has 2 N–H and O–H groups in total. The molecule has 0 bridgehead atoms. The van der Waals surface area contributed by atoms with Crippen LogP contribution < -0.4 is 5.32 Å². The van der Waals surface area contributed by atoms with E-state index in [2.05, 4.69) is 28.3 Å². The van der Waals surface area contributed by atoms with Crippen LogP contribution in [0.2, 0.25) is 0 Å². The van der Waals surface area contributed by atoms with Crippen molar-refractivity contribution >= 4 is 22.5 Å². The number of hydrogen-bond donors (Lipinski definition) is 2. The normalized spacial score (nSPS) is 15.8. The summed E-state index contributed by atoms with van der Waals surface area (Å²) >= 11 is 0. The number of hydrogen-bond acceptors (Lipinski definition) is 2. The van der Waals surface area contributed by atoms with E-state index in [4.69, 9.17) is 0 Å². The summed E-state index contributed by atoms with van der Waals surface area (Å²) in [4.78, 5) is 18.4. The maximum absolute atomic E-state index is 13.1. The van der Waals surface area contributed by atoms with Crippen molar-refractivity contribution in [2.45, 2.75) is 32.1 Å². The Morgan fingerprint density at radius 3 is 2.64 bits per heavy atom. The lowest BCUT2D eigenvalue weighted by Crippen LogP contribution is -2.33. The molecule has 0 atom stereocenters. The molecule has 1 aliphatic heterocycles. The van der Waals surface area contributed by atoms with Crippen molar-refractivity contribution in [1.82, 2.24) is 9.88 Å². The summed E-state index contributed by atoms with van der Waals surface area (Å²) in [7, 11) is 0. The Balaban J connectivity index is 1.51. The van der Waals surface area contributed by atoms with Crippen molar-refractivity contribution in [3.63, 3.8) is 0 Å². The van der Waals surface area contributed by atoms with Crippen molar-refractivity contribution in [2.75, 3.05) is 25.0 Å². The average molecular weight is 379 g/mol. The smallest absolute Gasteiger partial charge is 0.255 e. The Labute approximate surface area is 164 Å². The first-order chi connectivity index (χ1) is 13.6. The lowest BCUT2D eigenvalue weighted by Gasteiger charge is -2.31. The summed E-state index contributed by atoms with van der Waals surface area (Å²) in [6, 6.07) is 11.5. The van der Waals surface area contributed by atoms with Crippen LogP contribution >= 0.6 is 0 Å². The monoisotopic (exact) mass is 379 g/mol. The minimum absolute atomic E-state index is 0.232. The zero-order valence-electron chi connectivity index (χ0n) is 16.2. The number of aromatic nitrogens is 1. The number of fused-ring (bicyclic) bond motifs is 1. The van der Waals surface area contributed by atoms with Gasteiger partial charge in [-0.3, -0.25) is 4.79 Å². The molecule has 1 saturated heterocycles. The molecule has 28 heavy (non-hydrogen) atoms. The fraction of sp³-hybridized carbons (Fsp3) is 0.348. The molecule has 4 rings (SSSR count). The van der Waals surface area contributed by atoms with Gasteiger partial charge in [0.1, 0.15) is 5.82 Å². The quantitative estimate of drug-likeness (QED) is 0.644. The molecule has 3 aromatic rings. The molecule has 146 valence electrons. The molecule has 0 saturated carbocycles. The summed E-state index contributed by atoms with van der Waals surface area (Å²) in [5, 5.41) is 4.10. The summed E-state index contributed by atoms with van der Waals surface area (Å²) in [6.07, 6.45) is 5.66. The van der Waals surface area contributed by atoms with Crippen molar-refractivity contribution in [3.05, 3.63) is 65.6 Å². The van der Waals surface area contributed by atoms with E-state index < -0.39 is 0 Å². The Morgan fingerprint density at radius 2 is 1.93 bits per heavy atom. The largest absolute Gasteiger partial charge is 0.361 e. The fourth-order valence-corrected chi connectivity index (χ4v) is 4.15. The van der Waals surface area contributed by atoms with Crippen molar-refractivity contribution in [2.24, 2.45) is 0 Å². The van der Waals surface area contributed by atoms with Gasteiger partial charge in [-0.15, -0.1) is 0 Å². The molecule has 2 heterocycles. The van der Waals surface area contributed by atoms with Gasteiger partial charge in [-0.1, -0.05) is 6.92 Å². The number of halogens is 1. The van der Waals surface area contributed by atoms with Crippen LogP contribution in [-0.2, 0) is 0 Å². The number of amides is 1. The Hall–Kier alpha value is -2.66. The van der Waals surface area contributed by atoms with Gasteiger partial charge in [-0.25, -0.2) is 4.39 Å². The molecule has 4 nitrogen and oxygen atoms in total. The summed E-state index contributed by atoms with van der Waals surface area (Å²) in [5.74, 6) is -0.0332. The van der Waals surface area contributed by atoms with Gasteiger partial charge in [0, 0.05) is 28.4 Å². The molecule has 0 unspecified atom stereocenters. The predicted octanol–water partition coefficient (Wildman–Crippen LogP) is 5.15. The Bertz CT molecular complexity index is 956. The molecular weight excluding hydrogens is 353 g/mol. The third-order valence-corrected chi connectivity index (χ3v) is 5.65. The highest BCUT2D eigenvalue weighted by Gasteiger charge is 2.22. The molecule has 0 radical (unpaired) electrons. The van der Waals surface area contributed by atoms with Crippen LogP contribution in [0.15, 0.2) is 48.7 Å². The van der Waals surface area contributed by atoms with Gasteiger partial charge in [0.15, 0.2) is 0 Å². The summed E-state index contributed by atoms with van der Waals surface area (Å²) < 4.78 is 13.1. The van der Waals surface area contributed by atoms with Gasteiger partial charge in [-0.05, 0) is 92.8 Å². The van der Waals surface area contributed by atoms with E-state index in [1.165, 1.54) is 61.0 Å². The number of carbonyl (C=O) groups excluding carboxylic acids is 1. The van der Waals surface area contributed by atoms with Crippen LogP contribution in [-0.4, -0.2) is 35.4 Å². The SMILES string of the molecule is CCCN1CCC(c2c[nH]c3ccc(NC(=O)c4ccc(F)cc4)cc23)CC1. The molecule has 2 aromatic carbocycles. The second-order valence-electron chi connectivity index (χ2n) is 7.58. The van der Waals surface area contributed by atoms with E-state index in [9.17, 15) is 9.18 Å². The highest BCUT2D eigenvalue weighted by Crippen LogP contribution is 2.34. The molecule has 0 aliphatic carbocycles. The molecule has 1 aliphatic rings. The number of piperidine rings is 1. The first-order valence-corrected chi connectivity index (χ1v) is 10.0. The lowest BCUT2D eigenvalue weighted by molar-refractivity contribution is 0.102. The Kier molecular flexibility index (Phi) is 5.44. The van der Waals surface area contributed by atoms with Crippen LogP contribution in [0.1, 0.15) is 48.0 Å². The standard InChI is InChI=1S/C23H26FN3O/c1-2-11-27-12-9-16(10-13-27)21-15-25-22-8-7-19(14-20(21)22)26-23(28)17-3-5-18(24)6-4-17/h3-8,14-16,25H,2,9-13H2,1H3,(H,26,28). The zero-order chi connectivity index (χ0) is 19.5. The molecular formula is C23H26FN3O. The first kappa shape index (κ1) is 18.7. The molecule has 1 aromatic heterocycles. The van der Waals surface area contributed by atoms with Gasteiger partial charge in [-0.2, -0.15) is 0 Å². The number of nitrogens with one attached hydrogen (secondary N) is 2. The van der Waals surface area contributed by atoms with Crippen LogP contribution in [0.5, 0.6) is 0 Å². The second kappa shape index (κ2) is 8.15. The van der Waals surface area contributed by atoms with E-state index in [0.717, 1.165) is 24.3 Å². The maximum atomic E-state index is 13.1.